The van der Waals surface area contributed by atoms with Crippen LogP contribution in [0.4, 0.5) is 5.69 Å². The number of nitrogens with one attached hydrogen (secondary N) is 1. The lowest BCUT2D eigenvalue weighted by atomic mass is 10.1. The largest absolute Gasteiger partial charge is 0.467 e. The summed E-state index contributed by atoms with van der Waals surface area (Å²) in [6, 6.07) is 10.1. The molecule has 0 radical (unpaired) electrons. The maximum absolute atomic E-state index is 5.73. The van der Waals surface area contributed by atoms with E-state index in [9.17, 15) is 0 Å². The molecule has 1 N–H and O–H groups in total. The Bertz CT molecular complexity index is 714. The molecular weight excluding hydrogens is 264 g/mol. The highest BCUT2D eigenvalue weighted by atomic mass is 16.3. The Labute approximate surface area is 124 Å². The number of hydrogen-bond donors (Lipinski definition) is 1. The zero-order valence-corrected chi connectivity index (χ0v) is 12.6. The molecule has 4 nitrogen and oxygen atoms in total. The van der Waals surface area contributed by atoms with Gasteiger partial charge in [0.15, 0.2) is 11.5 Å². The standard InChI is InChI=1S/C17H20N2O2/c1-4-13(15-6-5-9-20-15)18-12-7-8-16-14(10-12)19-17(21-16)11(2)3/h5-11,13,18H,4H2,1-3H3. The van der Waals surface area contributed by atoms with Gasteiger partial charge in [0.25, 0.3) is 0 Å². The fraction of sp³-hybridized carbons (Fsp3) is 0.353. The van der Waals surface area contributed by atoms with Crippen molar-refractivity contribution in [3.8, 4) is 0 Å². The van der Waals surface area contributed by atoms with Crippen molar-refractivity contribution in [2.45, 2.75) is 39.2 Å². The maximum Gasteiger partial charge on any atom is 0.198 e. The molecule has 1 unspecified atom stereocenters. The first kappa shape index (κ1) is 13.7. The Morgan fingerprint density at radius 1 is 1.24 bits per heavy atom. The Balaban J connectivity index is 1.86. The van der Waals surface area contributed by atoms with E-state index in [1.54, 1.807) is 6.26 Å². The van der Waals surface area contributed by atoms with Crippen LogP contribution >= 0.6 is 0 Å². The molecule has 0 saturated carbocycles. The Morgan fingerprint density at radius 2 is 2.10 bits per heavy atom. The molecule has 3 rings (SSSR count). The van der Waals surface area contributed by atoms with E-state index in [0.717, 1.165) is 34.9 Å². The van der Waals surface area contributed by atoms with Crippen molar-refractivity contribution in [1.29, 1.82) is 0 Å². The van der Waals surface area contributed by atoms with Gasteiger partial charge in [0.2, 0.25) is 0 Å². The van der Waals surface area contributed by atoms with E-state index >= 15 is 0 Å². The first-order valence-corrected chi connectivity index (χ1v) is 7.37. The second-order valence-corrected chi connectivity index (χ2v) is 5.51. The summed E-state index contributed by atoms with van der Waals surface area (Å²) < 4.78 is 11.2. The van der Waals surface area contributed by atoms with Crippen molar-refractivity contribution >= 4 is 16.8 Å². The number of nitrogens with zero attached hydrogens (tertiary/aromatic N) is 1. The van der Waals surface area contributed by atoms with Crippen molar-refractivity contribution in [3.63, 3.8) is 0 Å². The van der Waals surface area contributed by atoms with Crippen LogP contribution in [0.25, 0.3) is 11.1 Å². The van der Waals surface area contributed by atoms with E-state index in [1.165, 1.54) is 0 Å². The minimum Gasteiger partial charge on any atom is -0.467 e. The third-order valence-electron chi connectivity index (χ3n) is 3.53. The molecule has 0 aliphatic heterocycles. The molecule has 0 bridgehead atoms. The van der Waals surface area contributed by atoms with Crippen LogP contribution in [0.2, 0.25) is 0 Å². The molecule has 0 aliphatic rings. The predicted molar refractivity (Wildman–Crippen MR) is 83.5 cm³/mol. The van der Waals surface area contributed by atoms with Crippen LogP contribution in [0.1, 0.15) is 50.8 Å². The molecule has 110 valence electrons. The normalized spacial score (nSPS) is 13.0. The number of fused-ring (bicyclic) bond motifs is 1. The van der Waals surface area contributed by atoms with E-state index in [4.69, 9.17) is 8.83 Å². The van der Waals surface area contributed by atoms with Gasteiger partial charge in [-0.1, -0.05) is 20.8 Å². The lowest BCUT2D eigenvalue weighted by Crippen LogP contribution is -2.08. The number of rotatable bonds is 5. The van der Waals surface area contributed by atoms with Crippen LogP contribution < -0.4 is 5.32 Å². The Hall–Kier alpha value is -2.23. The number of furan rings is 1. The molecular formula is C17H20N2O2. The third kappa shape index (κ3) is 2.79. The second kappa shape index (κ2) is 5.64. The maximum atomic E-state index is 5.73. The lowest BCUT2D eigenvalue weighted by molar-refractivity contribution is 0.474. The van der Waals surface area contributed by atoms with E-state index in [1.807, 2.05) is 30.3 Å². The van der Waals surface area contributed by atoms with Gasteiger partial charge in [0.05, 0.1) is 12.3 Å². The Kier molecular flexibility index (Phi) is 3.69. The van der Waals surface area contributed by atoms with E-state index in [2.05, 4.69) is 31.1 Å². The summed E-state index contributed by atoms with van der Waals surface area (Å²) in [5.41, 5.74) is 2.74. The van der Waals surface area contributed by atoms with Gasteiger partial charge in [-0.2, -0.15) is 0 Å². The zero-order chi connectivity index (χ0) is 14.8. The summed E-state index contributed by atoms with van der Waals surface area (Å²) in [7, 11) is 0. The van der Waals surface area contributed by atoms with Gasteiger partial charge in [-0.25, -0.2) is 4.98 Å². The quantitative estimate of drug-likeness (QED) is 0.707. The average Bonchev–Trinajstić information content (AvgIpc) is 3.13. The summed E-state index contributed by atoms with van der Waals surface area (Å²) in [5, 5.41) is 3.49. The minimum atomic E-state index is 0.161. The topological polar surface area (TPSA) is 51.2 Å². The fourth-order valence-corrected chi connectivity index (χ4v) is 2.35. The van der Waals surface area contributed by atoms with Gasteiger partial charge in [0.1, 0.15) is 11.3 Å². The molecule has 21 heavy (non-hydrogen) atoms. The summed E-state index contributed by atoms with van der Waals surface area (Å²) in [5.74, 6) is 2.01. The highest BCUT2D eigenvalue weighted by Gasteiger charge is 2.14. The molecule has 2 heterocycles. The molecule has 1 atom stereocenters. The number of oxazole rings is 1. The number of aromatic nitrogens is 1. The second-order valence-electron chi connectivity index (χ2n) is 5.51. The number of anilines is 1. The predicted octanol–water partition coefficient (Wildman–Crippen LogP) is 5.11. The first-order chi connectivity index (χ1) is 10.2. The van der Waals surface area contributed by atoms with Crippen LogP contribution in [0.3, 0.4) is 0 Å². The van der Waals surface area contributed by atoms with Crippen LogP contribution in [0.5, 0.6) is 0 Å². The molecule has 3 aromatic rings. The van der Waals surface area contributed by atoms with Gasteiger partial charge in [-0.3, -0.25) is 0 Å². The summed E-state index contributed by atoms with van der Waals surface area (Å²) >= 11 is 0. The van der Waals surface area contributed by atoms with Crippen molar-refractivity contribution in [3.05, 3.63) is 48.2 Å². The molecule has 4 heteroatoms. The van der Waals surface area contributed by atoms with E-state index < -0.39 is 0 Å². The molecule has 0 spiro atoms. The van der Waals surface area contributed by atoms with Gasteiger partial charge in [-0.05, 0) is 36.8 Å². The molecule has 2 aromatic heterocycles. The third-order valence-corrected chi connectivity index (χ3v) is 3.53. The van der Waals surface area contributed by atoms with Crippen molar-refractivity contribution < 1.29 is 8.83 Å². The highest BCUT2D eigenvalue weighted by molar-refractivity contribution is 5.77. The lowest BCUT2D eigenvalue weighted by Gasteiger charge is -2.15. The smallest absolute Gasteiger partial charge is 0.198 e. The van der Waals surface area contributed by atoms with Gasteiger partial charge in [-0.15, -0.1) is 0 Å². The number of hydrogen-bond acceptors (Lipinski definition) is 4. The van der Waals surface area contributed by atoms with Crippen LogP contribution in [0.15, 0.2) is 45.4 Å². The van der Waals surface area contributed by atoms with Crippen molar-refractivity contribution in [2.24, 2.45) is 0 Å². The van der Waals surface area contributed by atoms with Gasteiger partial charge in [0, 0.05) is 11.6 Å². The van der Waals surface area contributed by atoms with Crippen molar-refractivity contribution in [2.75, 3.05) is 5.32 Å². The van der Waals surface area contributed by atoms with Crippen LogP contribution in [-0.4, -0.2) is 4.98 Å². The molecule has 1 aromatic carbocycles. The molecule has 0 aliphatic carbocycles. The fourth-order valence-electron chi connectivity index (χ4n) is 2.35. The summed E-state index contributed by atoms with van der Waals surface area (Å²) in [4.78, 5) is 4.54. The summed E-state index contributed by atoms with van der Waals surface area (Å²) in [6.07, 6.45) is 2.65. The average molecular weight is 284 g/mol. The first-order valence-electron chi connectivity index (χ1n) is 7.37. The SMILES string of the molecule is CCC(Nc1ccc2oc(C(C)C)nc2c1)c1ccco1. The van der Waals surface area contributed by atoms with Crippen LogP contribution in [0, 0.1) is 0 Å². The van der Waals surface area contributed by atoms with Crippen molar-refractivity contribution in [1.82, 2.24) is 4.98 Å². The monoisotopic (exact) mass is 284 g/mol. The molecule has 0 amide bonds. The van der Waals surface area contributed by atoms with E-state index in [0.29, 0.717) is 5.92 Å². The Morgan fingerprint density at radius 3 is 2.76 bits per heavy atom. The van der Waals surface area contributed by atoms with Crippen LogP contribution in [-0.2, 0) is 0 Å². The molecule has 0 saturated heterocycles. The van der Waals surface area contributed by atoms with Gasteiger partial charge >= 0.3 is 0 Å². The molecule has 0 fully saturated rings. The zero-order valence-electron chi connectivity index (χ0n) is 12.6. The van der Waals surface area contributed by atoms with E-state index in [-0.39, 0.29) is 6.04 Å². The summed E-state index contributed by atoms with van der Waals surface area (Å²) in [6.45, 7) is 6.29. The highest BCUT2D eigenvalue weighted by Crippen LogP contribution is 2.27. The van der Waals surface area contributed by atoms with Gasteiger partial charge < -0.3 is 14.2 Å². The minimum absolute atomic E-state index is 0.161. The number of benzene rings is 1.